The highest BCUT2D eigenvalue weighted by atomic mass is 16.5. The second-order valence-electron chi connectivity index (χ2n) is 4.81. The molecule has 2 N–H and O–H groups in total. The van der Waals surface area contributed by atoms with E-state index in [1.807, 2.05) is 6.92 Å². The Morgan fingerprint density at radius 2 is 1.96 bits per heavy atom. The number of amides is 1. The molecule has 1 amide bonds. The second kappa shape index (κ2) is 9.68. The molecule has 0 saturated heterocycles. The number of carbonyl (C=O) groups excluding carboxylic acids is 1. The van der Waals surface area contributed by atoms with E-state index >= 15 is 0 Å². The Kier molecular flexibility index (Phi) is 7.90. The van der Waals surface area contributed by atoms with E-state index in [-0.39, 0.29) is 17.7 Å². The third-order valence-corrected chi connectivity index (χ3v) is 3.05. The fourth-order valence-electron chi connectivity index (χ4n) is 1.91. The van der Waals surface area contributed by atoms with Crippen LogP contribution in [0.3, 0.4) is 0 Å². The Bertz CT molecular complexity index is 531. The van der Waals surface area contributed by atoms with Gasteiger partial charge in [0.05, 0.1) is 19.3 Å². The lowest BCUT2D eigenvalue weighted by molar-refractivity contribution is -0.139. The fraction of sp³-hybridized carbons (Fsp3) is 0.500. The van der Waals surface area contributed by atoms with Crippen molar-refractivity contribution in [3.8, 4) is 11.5 Å². The quantitative estimate of drug-likeness (QED) is 0.680. The average Bonchev–Trinajstić information content (AvgIpc) is 2.53. The molecule has 0 saturated carbocycles. The van der Waals surface area contributed by atoms with Crippen LogP contribution in [-0.2, 0) is 9.53 Å². The number of hydrogen-bond acceptors (Lipinski definition) is 5. The zero-order chi connectivity index (χ0) is 17.2. The fourth-order valence-corrected chi connectivity index (χ4v) is 1.91. The predicted molar refractivity (Wildman–Crippen MR) is 84.2 cm³/mol. The van der Waals surface area contributed by atoms with Crippen LogP contribution in [0, 0.1) is 0 Å². The summed E-state index contributed by atoms with van der Waals surface area (Å²) in [7, 11) is 1.58. The average molecular weight is 325 g/mol. The van der Waals surface area contributed by atoms with Crippen molar-refractivity contribution in [2.24, 2.45) is 0 Å². The van der Waals surface area contributed by atoms with Crippen LogP contribution in [0.15, 0.2) is 18.2 Å². The summed E-state index contributed by atoms with van der Waals surface area (Å²) in [6, 6.07) is 4.55. The first-order valence-electron chi connectivity index (χ1n) is 7.43. The number of carboxylic acid groups (broad SMARTS) is 1. The molecule has 7 heteroatoms. The van der Waals surface area contributed by atoms with Gasteiger partial charge < -0.3 is 24.6 Å². The Morgan fingerprint density at radius 3 is 2.52 bits per heavy atom. The van der Waals surface area contributed by atoms with Gasteiger partial charge >= 0.3 is 5.97 Å². The summed E-state index contributed by atoms with van der Waals surface area (Å²) < 4.78 is 15.6. The summed E-state index contributed by atoms with van der Waals surface area (Å²) in [5.41, 5.74) is 0.408. The number of carbonyl (C=O) groups is 2. The zero-order valence-electron chi connectivity index (χ0n) is 13.6. The highest BCUT2D eigenvalue weighted by molar-refractivity contribution is 5.95. The van der Waals surface area contributed by atoms with Crippen LogP contribution in [0.5, 0.6) is 11.5 Å². The van der Waals surface area contributed by atoms with Gasteiger partial charge in [-0.25, -0.2) is 4.79 Å². The largest absolute Gasteiger partial charge is 0.490 e. The monoisotopic (exact) mass is 325 g/mol. The highest BCUT2D eigenvalue weighted by Gasteiger charge is 2.15. The third-order valence-electron chi connectivity index (χ3n) is 3.05. The van der Waals surface area contributed by atoms with Crippen molar-refractivity contribution < 1.29 is 28.9 Å². The Morgan fingerprint density at radius 1 is 1.22 bits per heavy atom. The smallest absolute Gasteiger partial charge is 0.341 e. The number of nitrogens with one attached hydrogen (secondary N) is 1. The maximum absolute atomic E-state index is 12.3. The van der Waals surface area contributed by atoms with Crippen LogP contribution in [0.25, 0.3) is 0 Å². The molecule has 1 aromatic rings. The van der Waals surface area contributed by atoms with Gasteiger partial charge in [0.1, 0.15) is 0 Å². The molecule has 7 nitrogen and oxygen atoms in total. The normalized spacial score (nSPS) is 11.6. The second-order valence-corrected chi connectivity index (χ2v) is 4.81. The van der Waals surface area contributed by atoms with E-state index in [4.69, 9.17) is 19.3 Å². The summed E-state index contributed by atoms with van der Waals surface area (Å²) in [4.78, 5) is 22.9. The number of ether oxygens (including phenoxy) is 3. The van der Waals surface area contributed by atoms with E-state index in [0.717, 1.165) is 6.42 Å². The minimum absolute atomic E-state index is 0.0778. The molecule has 1 unspecified atom stereocenters. The molecule has 128 valence electrons. The molecule has 1 aromatic carbocycles. The van der Waals surface area contributed by atoms with Crippen molar-refractivity contribution in [1.29, 1.82) is 0 Å². The van der Waals surface area contributed by atoms with E-state index in [1.165, 1.54) is 12.1 Å². The van der Waals surface area contributed by atoms with Crippen LogP contribution >= 0.6 is 0 Å². The van der Waals surface area contributed by atoms with E-state index in [9.17, 15) is 9.59 Å². The molecule has 0 aromatic heterocycles. The van der Waals surface area contributed by atoms with Gasteiger partial charge in [0.2, 0.25) is 0 Å². The molecule has 0 radical (unpaired) electrons. The van der Waals surface area contributed by atoms with Crippen LogP contribution in [0.4, 0.5) is 0 Å². The summed E-state index contributed by atoms with van der Waals surface area (Å²) in [5, 5.41) is 11.5. The van der Waals surface area contributed by atoms with Gasteiger partial charge in [-0.3, -0.25) is 4.79 Å². The molecule has 0 aliphatic carbocycles. The summed E-state index contributed by atoms with van der Waals surface area (Å²) in [5.74, 6) is -0.713. The Labute approximate surface area is 135 Å². The highest BCUT2D eigenvalue weighted by Crippen LogP contribution is 2.28. The molecule has 1 rings (SSSR count). The van der Waals surface area contributed by atoms with Gasteiger partial charge in [-0.2, -0.15) is 0 Å². The molecule has 0 aliphatic rings. The van der Waals surface area contributed by atoms with Gasteiger partial charge in [-0.15, -0.1) is 0 Å². The zero-order valence-corrected chi connectivity index (χ0v) is 13.6. The summed E-state index contributed by atoms with van der Waals surface area (Å²) in [6.07, 6.45) is 0.748. The van der Waals surface area contributed by atoms with Gasteiger partial charge in [0.25, 0.3) is 5.91 Å². The van der Waals surface area contributed by atoms with Crippen LogP contribution in [0.2, 0.25) is 0 Å². The number of aliphatic carboxylic acids is 1. The predicted octanol–water partition coefficient (Wildman–Crippen LogP) is 1.70. The summed E-state index contributed by atoms with van der Waals surface area (Å²) >= 11 is 0. The SMILES string of the molecule is CCOc1cc(C(=O)NC(CC)COC)ccc1OCC(=O)O. The van der Waals surface area contributed by atoms with Gasteiger partial charge in [0.15, 0.2) is 18.1 Å². The van der Waals surface area contributed by atoms with E-state index < -0.39 is 12.6 Å². The number of methoxy groups -OCH3 is 1. The lowest BCUT2D eigenvalue weighted by Crippen LogP contribution is -2.37. The standard InChI is InChI=1S/C16H23NO6/c1-4-12(9-21-3)17-16(20)11-6-7-13(23-10-15(18)19)14(8-11)22-5-2/h6-8,12H,4-5,9-10H2,1-3H3,(H,17,20)(H,18,19). The van der Waals surface area contributed by atoms with Crippen molar-refractivity contribution in [3.63, 3.8) is 0 Å². The van der Waals surface area contributed by atoms with Crippen molar-refractivity contribution >= 4 is 11.9 Å². The maximum atomic E-state index is 12.3. The van der Waals surface area contributed by atoms with Crippen molar-refractivity contribution in [2.75, 3.05) is 26.9 Å². The van der Waals surface area contributed by atoms with E-state index in [1.54, 1.807) is 20.1 Å². The van der Waals surface area contributed by atoms with Crippen molar-refractivity contribution in [1.82, 2.24) is 5.32 Å². The van der Waals surface area contributed by atoms with Crippen molar-refractivity contribution in [3.05, 3.63) is 23.8 Å². The van der Waals surface area contributed by atoms with E-state index in [0.29, 0.717) is 24.5 Å². The molecule has 0 fully saturated rings. The number of benzene rings is 1. The molecule has 0 spiro atoms. The Hall–Kier alpha value is -2.28. The molecular weight excluding hydrogens is 302 g/mol. The number of rotatable bonds is 10. The lowest BCUT2D eigenvalue weighted by Gasteiger charge is -2.17. The first-order valence-corrected chi connectivity index (χ1v) is 7.43. The van der Waals surface area contributed by atoms with Gasteiger partial charge in [-0.05, 0) is 31.5 Å². The molecule has 0 bridgehead atoms. The molecular formula is C16H23NO6. The van der Waals surface area contributed by atoms with Crippen LogP contribution in [-0.4, -0.2) is 50.0 Å². The minimum atomic E-state index is -1.08. The summed E-state index contributed by atoms with van der Waals surface area (Å²) in [6.45, 7) is 4.07. The molecule has 23 heavy (non-hydrogen) atoms. The van der Waals surface area contributed by atoms with Crippen LogP contribution < -0.4 is 14.8 Å². The first-order chi connectivity index (χ1) is 11.0. The maximum Gasteiger partial charge on any atom is 0.341 e. The number of carboxylic acids is 1. The van der Waals surface area contributed by atoms with E-state index in [2.05, 4.69) is 5.32 Å². The lowest BCUT2D eigenvalue weighted by atomic mass is 10.1. The van der Waals surface area contributed by atoms with Gasteiger partial charge in [-0.1, -0.05) is 6.92 Å². The molecule has 1 atom stereocenters. The van der Waals surface area contributed by atoms with Crippen molar-refractivity contribution in [2.45, 2.75) is 26.3 Å². The van der Waals surface area contributed by atoms with Gasteiger partial charge in [0, 0.05) is 12.7 Å². The Balaban J connectivity index is 2.88. The number of hydrogen-bond donors (Lipinski definition) is 2. The molecule has 0 aliphatic heterocycles. The molecule has 0 heterocycles. The topological polar surface area (TPSA) is 94.1 Å². The third kappa shape index (κ3) is 6.15. The minimum Gasteiger partial charge on any atom is -0.490 e. The first kappa shape index (κ1) is 18.8. The van der Waals surface area contributed by atoms with Crippen LogP contribution in [0.1, 0.15) is 30.6 Å².